The number of benzene rings is 1. The SMILES string of the molecule is CCC(CC)CNC(=O)c1cc(S(=O)(=O)Cl)c(F)cc1Br. The maximum atomic E-state index is 13.6. The van der Waals surface area contributed by atoms with Gasteiger partial charge < -0.3 is 5.32 Å². The van der Waals surface area contributed by atoms with Gasteiger partial charge in [0.25, 0.3) is 15.0 Å². The van der Waals surface area contributed by atoms with Crippen LogP contribution in [0.25, 0.3) is 0 Å². The zero-order chi connectivity index (χ0) is 16.2. The predicted molar refractivity (Wildman–Crippen MR) is 83.5 cm³/mol. The third-order valence-corrected chi connectivity index (χ3v) is 5.23. The van der Waals surface area contributed by atoms with E-state index < -0.39 is 25.7 Å². The fraction of sp³-hybridized carbons (Fsp3) is 0.462. The molecule has 0 saturated heterocycles. The first-order valence-electron chi connectivity index (χ1n) is 6.42. The number of halogens is 3. The molecule has 118 valence electrons. The highest BCUT2D eigenvalue weighted by Gasteiger charge is 2.21. The molecule has 0 atom stereocenters. The summed E-state index contributed by atoms with van der Waals surface area (Å²) in [6, 6.07) is 1.85. The van der Waals surface area contributed by atoms with Gasteiger partial charge in [0.1, 0.15) is 10.7 Å². The Kier molecular flexibility index (Phi) is 6.62. The van der Waals surface area contributed by atoms with Crippen molar-refractivity contribution in [1.82, 2.24) is 5.32 Å². The molecule has 1 amide bonds. The average Bonchev–Trinajstić information content (AvgIpc) is 2.38. The Morgan fingerprint density at radius 3 is 2.43 bits per heavy atom. The normalized spacial score (nSPS) is 11.7. The van der Waals surface area contributed by atoms with Crippen molar-refractivity contribution in [3.05, 3.63) is 28.0 Å². The standard InChI is InChI=1S/C13H16BrClFNO3S/c1-3-8(4-2)7-17-13(18)9-5-12(21(15,19)20)11(16)6-10(9)14/h5-6,8H,3-4,7H2,1-2H3,(H,17,18). The highest BCUT2D eigenvalue weighted by molar-refractivity contribution is 9.10. The van der Waals surface area contributed by atoms with E-state index in [4.69, 9.17) is 10.7 Å². The van der Waals surface area contributed by atoms with Crippen LogP contribution < -0.4 is 5.32 Å². The Morgan fingerprint density at radius 2 is 1.95 bits per heavy atom. The van der Waals surface area contributed by atoms with E-state index in [0.717, 1.165) is 25.0 Å². The van der Waals surface area contributed by atoms with Gasteiger partial charge in [-0.25, -0.2) is 12.8 Å². The van der Waals surface area contributed by atoms with E-state index in [0.29, 0.717) is 12.5 Å². The minimum Gasteiger partial charge on any atom is -0.352 e. The van der Waals surface area contributed by atoms with E-state index in [1.54, 1.807) is 0 Å². The highest BCUT2D eigenvalue weighted by Crippen LogP contribution is 2.26. The molecule has 1 N–H and O–H groups in total. The van der Waals surface area contributed by atoms with Crippen LogP contribution in [0.5, 0.6) is 0 Å². The number of amides is 1. The molecule has 0 unspecified atom stereocenters. The monoisotopic (exact) mass is 399 g/mol. The molecule has 1 rings (SSSR count). The van der Waals surface area contributed by atoms with Crippen LogP contribution in [0, 0.1) is 11.7 Å². The zero-order valence-corrected chi connectivity index (χ0v) is 14.8. The first kappa shape index (κ1) is 18.4. The third-order valence-electron chi connectivity index (χ3n) is 3.23. The van der Waals surface area contributed by atoms with E-state index in [1.807, 2.05) is 13.8 Å². The number of nitrogens with one attached hydrogen (secondary N) is 1. The summed E-state index contributed by atoms with van der Waals surface area (Å²) in [5.74, 6) is -1.15. The molecule has 21 heavy (non-hydrogen) atoms. The van der Waals surface area contributed by atoms with Crippen molar-refractivity contribution in [1.29, 1.82) is 0 Å². The Morgan fingerprint density at radius 1 is 1.38 bits per heavy atom. The van der Waals surface area contributed by atoms with Crippen LogP contribution in [-0.4, -0.2) is 20.9 Å². The maximum Gasteiger partial charge on any atom is 0.264 e. The molecule has 1 aromatic carbocycles. The molecule has 8 heteroatoms. The topological polar surface area (TPSA) is 63.2 Å². The second-order valence-electron chi connectivity index (χ2n) is 4.59. The largest absolute Gasteiger partial charge is 0.352 e. The van der Waals surface area contributed by atoms with Crippen molar-refractivity contribution in [2.75, 3.05) is 6.54 Å². The van der Waals surface area contributed by atoms with Crippen LogP contribution in [0.1, 0.15) is 37.0 Å². The van der Waals surface area contributed by atoms with Gasteiger partial charge in [-0.3, -0.25) is 4.79 Å². The average molecular weight is 401 g/mol. The number of hydrogen-bond donors (Lipinski definition) is 1. The van der Waals surface area contributed by atoms with Crippen molar-refractivity contribution in [2.45, 2.75) is 31.6 Å². The maximum absolute atomic E-state index is 13.6. The van der Waals surface area contributed by atoms with E-state index in [-0.39, 0.29) is 10.0 Å². The second kappa shape index (κ2) is 7.56. The molecule has 0 spiro atoms. The van der Waals surface area contributed by atoms with Crippen LogP contribution in [-0.2, 0) is 9.05 Å². The second-order valence-corrected chi connectivity index (χ2v) is 7.98. The van der Waals surface area contributed by atoms with Crippen LogP contribution in [0.3, 0.4) is 0 Å². The summed E-state index contributed by atoms with van der Waals surface area (Å²) in [5.41, 5.74) is 0.0292. The fourth-order valence-corrected chi connectivity index (χ4v) is 3.20. The highest BCUT2D eigenvalue weighted by atomic mass is 79.9. The number of carbonyl (C=O) groups is 1. The molecule has 1 aromatic rings. The smallest absolute Gasteiger partial charge is 0.264 e. The van der Waals surface area contributed by atoms with Crippen molar-refractivity contribution in [3.8, 4) is 0 Å². The first-order valence-corrected chi connectivity index (χ1v) is 9.52. The van der Waals surface area contributed by atoms with E-state index >= 15 is 0 Å². The van der Waals surface area contributed by atoms with Crippen molar-refractivity contribution < 1.29 is 17.6 Å². The molecule has 4 nitrogen and oxygen atoms in total. The summed E-state index contributed by atoms with van der Waals surface area (Å²) < 4.78 is 36.3. The molecule has 0 aliphatic carbocycles. The predicted octanol–water partition coefficient (Wildman–Crippen LogP) is 3.68. The van der Waals surface area contributed by atoms with Crippen LogP contribution >= 0.6 is 26.6 Å². The molecular formula is C13H16BrClFNO3S. The molecule has 0 saturated carbocycles. The lowest BCUT2D eigenvalue weighted by Crippen LogP contribution is -2.29. The zero-order valence-electron chi connectivity index (χ0n) is 11.6. The molecule has 0 radical (unpaired) electrons. The van der Waals surface area contributed by atoms with Gasteiger partial charge in [0, 0.05) is 21.7 Å². The lowest BCUT2D eigenvalue weighted by molar-refractivity contribution is 0.0945. The van der Waals surface area contributed by atoms with Crippen molar-refractivity contribution in [2.24, 2.45) is 5.92 Å². The minimum atomic E-state index is -4.25. The molecule has 0 aliphatic heterocycles. The fourth-order valence-electron chi connectivity index (χ4n) is 1.80. The quantitative estimate of drug-likeness (QED) is 0.741. The van der Waals surface area contributed by atoms with Gasteiger partial charge in [-0.1, -0.05) is 26.7 Å². The number of carbonyl (C=O) groups excluding carboxylic acids is 1. The summed E-state index contributed by atoms with van der Waals surface area (Å²) in [4.78, 5) is 11.4. The first-order chi connectivity index (χ1) is 9.70. The number of hydrogen-bond acceptors (Lipinski definition) is 3. The Labute approximate surface area is 136 Å². The van der Waals surface area contributed by atoms with E-state index in [2.05, 4.69) is 21.2 Å². The van der Waals surface area contributed by atoms with Gasteiger partial charge in [0.2, 0.25) is 0 Å². The summed E-state index contributed by atoms with van der Waals surface area (Å²) in [6.45, 7) is 4.51. The van der Waals surface area contributed by atoms with Gasteiger partial charge in [0.05, 0.1) is 5.56 Å². The molecule has 0 bridgehead atoms. The number of rotatable bonds is 6. The van der Waals surface area contributed by atoms with Gasteiger partial charge in [-0.05, 0) is 34.0 Å². The van der Waals surface area contributed by atoms with Gasteiger partial charge in [0.15, 0.2) is 0 Å². The molecule has 0 aliphatic rings. The summed E-state index contributed by atoms with van der Waals surface area (Å²) >= 11 is 3.05. The van der Waals surface area contributed by atoms with Gasteiger partial charge in [-0.15, -0.1) is 0 Å². The van der Waals surface area contributed by atoms with Crippen LogP contribution in [0.2, 0.25) is 0 Å². The minimum absolute atomic E-state index is 0.0292. The van der Waals surface area contributed by atoms with E-state index in [1.165, 1.54) is 0 Å². The lowest BCUT2D eigenvalue weighted by Gasteiger charge is -2.14. The van der Waals surface area contributed by atoms with Crippen molar-refractivity contribution in [3.63, 3.8) is 0 Å². The molecule has 0 heterocycles. The van der Waals surface area contributed by atoms with E-state index in [9.17, 15) is 17.6 Å². The molecule has 0 aromatic heterocycles. The lowest BCUT2D eigenvalue weighted by atomic mass is 10.0. The molecular weight excluding hydrogens is 385 g/mol. The Hall–Kier alpha value is -0.660. The van der Waals surface area contributed by atoms with Crippen molar-refractivity contribution >= 4 is 41.6 Å². The summed E-state index contributed by atoms with van der Waals surface area (Å²) in [7, 11) is 0.900. The summed E-state index contributed by atoms with van der Waals surface area (Å²) in [5, 5.41) is 2.71. The third kappa shape index (κ3) is 4.93. The Balaban J connectivity index is 3.05. The van der Waals surface area contributed by atoms with Gasteiger partial charge in [-0.2, -0.15) is 0 Å². The Bertz CT molecular complexity index is 633. The van der Waals surface area contributed by atoms with Crippen LogP contribution in [0.4, 0.5) is 4.39 Å². The summed E-state index contributed by atoms with van der Waals surface area (Å²) in [6.07, 6.45) is 1.84. The van der Waals surface area contributed by atoms with Crippen LogP contribution in [0.15, 0.2) is 21.5 Å². The van der Waals surface area contributed by atoms with Gasteiger partial charge >= 0.3 is 0 Å². The molecule has 0 fully saturated rings.